The van der Waals surface area contributed by atoms with E-state index < -0.39 is 22.0 Å². The van der Waals surface area contributed by atoms with Crippen molar-refractivity contribution in [3.05, 3.63) is 28.2 Å². The molecule has 1 N–H and O–H groups in total. The zero-order chi connectivity index (χ0) is 23.7. The minimum Gasteiger partial charge on any atom is -0.353 e. The van der Waals surface area contributed by atoms with Crippen LogP contribution in [0.1, 0.15) is 33.6 Å². The molecule has 13 heteroatoms. The fraction of sp³-hybridized carbons (Fsp3) is 0.579. The van der Waals surface area contributed by atoms with Crippen LogP contribution < -0.4 is 5.32 Å². The van der Waals surface area contributed by atoms with E-state index in [0.29, 0.717) is 24.7 Å². The zero-order valence-electron chi connectivity index (χ0n) is 17.8. The smallest absolute Gasteiger partial charge is 0.225 e. The maximum absolute atomic E-state index is 12.5. The van der Waals surface area contributed by atoms with Gasteiger partial charge in [0.25, 0.3) is 0 Å². The average molecular weight is 510 g/mol. The summed E-state index contributed by atoms with van der Waals surface area (Å²) in [6, 6.07) is 3.76. The Morgan fingerprint density at radius 1 is 1.25 bits per heavy atom. The molecule has 2 fully saturated rings. The molecule has 3 rings (SSSR count). The van der Waals surface area contributed by atoms with E-state index in [1.165, 1.54) is 25.1 Å². The highest BCUT2D eigenvalue weighted by Gasteiger charge is 2.39. The third-order valence-electron chi connectivity index (χ3n) is 5.36. The summed E-state index contributed by atoms with van der Waals surface area (Å²) in [4.78, 5) is 40.8. The summed E-state index contributed by atoms with van der Waals surface area (Å²) in [5.41, 5.74) is -0.312. The molecule has 0 aromatic heterocycles. The summed E-state index contributed by atoms with van der Waals surface area (Å²) >= 11 is 11.7. The van der Waals surface area contributed by atoms with Crippen molar-refractivity contribution < 1.29 is 32.7 Å². The number of sulfone groups is 1. The van der Waals surface area contributed by atoms with Crippen molar-refractivity contribution in [2.45, 2.75) is 50.8 Å². The van der Waals surface area contributed by atoms with E-state index in [1.807, 2.05) is 13.8 Å². The minimum absolute atomic E-state index is 0.00340. The van der Waals surface area contributed by atoms with E-state index in [9.17, 15) is 18.0 Å². The molecule has 1 aromatic rings. The van der Waals surface area contributed by atoms with Gasteiger partial charge in [-0.2, -0.15) is 4.89 Å². The van der Waals surface area contributed by atoms with Crippen molar-refractivity contribution in [2.24, 2.45) is 5.41 Å². The summed E-state index contributed by atoms with van der Waals surface area (Å²) in [6.45, 7) is 6.58. The van der Waals surface area contributed by atoms with E-state index in [1.54, 1.807) is 4.90 Å². The lowest BCUT2D eigenvalue weighted by Crippen LogP contribution is -2.56. The molecule has 0 bridgehead atoms. The Bertz CT molecular complexity index is 989. The van der Waals surface area contributed by atoms with Crippen molar-refractivity contribution >= 4 is 44.9 Å². The molecule has 1 aromatic carbocycles. The number of hydrogen-bond donors (Lipinski definition) is 1. The van der Waals surface area contributed by atoms with E-state index >= 15 is 0 Å². The highest BCUT2D eigenvalue weighted by atomic mass is 35.5. The van der Waals surface area contributed by atoms with Gasteiger partial charge < -0.3 is 10.2 Å². The molecule has 2 unspecified atom stereocenters. The molecule has 2 amide bonds. The normalized spacial score (nSPS) is 23.8. The molecule has 2 aliphatic heterocycles. The van der Waals surface area contributed by atoms with Gasteiger partial charge in [0.1, 0.15) is 0 Å². The van der Waals surface area contributed by atoms with Gasteiger partial charge in [-0.3, -0.25) is 9.59 Å². The van der Waals surface area contributed by atoms with E-state index in [0.717, 1.165) is 0 Å². The van der Waals surface area contributed by atoms with Gasteiger partial charge in [0, 0.05) is 31.5 Å². The van der Waals surface area contributed by atoms with E-state index in [2.05, 4.69) is 5.32 Å². The van der Waals surface area contributed by atoms with Crippen LogP contribution in [-0.4, -0.2) is 61.7 Å². The highest BCUT2D eigenvalue weighted by molar-refractivity contribution is 7.91. The van der Waals surface area contributed by atoms with Gasteiger partial charge >= 0.3 is 0 Å². The number of nitrogens with zero attached hydrogens (tertiary/aromatic N) is 2. The van der Waals surface area contributed by atoms with Crippen LogP contribution in [0.5, 0.6) is 0 Å². The van der Waals surface area contributed by atoms with Gasteiger partial charge in [-0.1, -0.05) is 37.0 Å². The van der Waals surface area contributed by atoms with Crippen LogP contribution in [0.15, 0.2) is 23.1 Å². The number of hydroxylamine groups is 2. The van der Waals surface area contributed by atoms with Gasteiger partial charge in [0.2, 0.25) is 18.1 Å². The maximum atomic E-state index is 12.5. The Morgan fingerprint density at radius 3 is 2.59 bits per heavy atom. The van der Waals surface area contributed by atoms with Crippen molar-refractivity contribution in [1.29, 1.82) is 0 Å². The fourth-order valence-corrected chi connectivity index (χ4v) is 5.03. The van der Waals surface area contributed by atoms with Crippen LogP contribution >= 0.6 is 23.2 Å². The Morgan fingerprint density at radius 2 is 1.97 bits per heavy atom. The number of likely N-dealkylation sites (tertiary alicyclic amines) is 1. The predicted octanol–water partition coefficient (Wildman–Crippen LogP) is 2.31. The zero-order valence-corrected chi connectivity index (χ0v) is 20.2. The number of benzene rings is 1. The third-order valence-corrected chi connectivity index (χ3v) is 7.62. The first kappa shape index (κ1) is 25.2. The quantitative estimate of drug-likeness (QED) is 0.580. The highest BCUT2D eigenvalue weighted by Crippen LogP contribution is 2.30. The lowest BCUT2D eigenvalue weighted by Gasteiger charge is -2.44. The summed E-state index contributed by atoms with van der Waals surface area (Å²) in [5.74, 6) is -1.02. The number of amides is 2. The first-order valence-electron chi connectivity index (χ1n) is 9.88. The molecule has 178 valence electrons. The van der Waals surface area contributed by atoms with Crippen LogP contribution in [0, 0.1) is 5.41 Å². The Kier molecular flexibility index (Phi) is 7.70. The number of piperidine rings is 1. The Hall–Kier alpha value is -1.47. The number of carbonyl (C=O) groups is 2. The van der Waals surface area contributed by atoms with Crippen LogP contribution in [0.25, 0.3) is 0 Å². The second-order valence-electron chi connectivity index (χ2n) is 8.40. The third kappa shape index (κ3) is 6.10. The van der Waals surface area contributed by atoms with Gasteiger partial charge in [-0.15, -0.1) is 4.99 Å². The maximum Gasteiger partial charge on any atom is 0.225 e. The predicted molar refractivity (Wildman–Crippen MR) is 115 cm³/mol. The number of nitrogens with one attached hydrogen (secondary N) is 1. The van der Waals surface area contributed by atoms with Crippen LogP contribution in [0.4, 0.5) is 0 Å². The van der Waals surface area contributed by atoms with Crippen LogP contribution in [0.3, 0.4) is 0 Å². The van der Waals surface area contributed by atoms with Gasteiger partial charge in [-0.25, -0.2) is 13.3 Å². The molecule has 2 heterocycles. The average Bonchev–Trinajstić information content (AvgIpc) is 3.10. The van der Waals surface area contributed by atoms with Crippen molar-refractivity contribution in [3.63, 3.8) is 0 Å². The topological polar surface area (TPSA) is 114 Å². The molecule has 0 saturated carbocycles. The lowest BCUT2D eigenvalue weighted by atomic mass is 9.79. The standard InChI is InChI=1S/C19H25Cl2N3O7S/c1-12(25)23-7-6-16(19(2,3)10-23)22-17(26)9-18-29-24(31-30-18)11-32(27,28)13-4-5-14(20)15(21)8-13/h4-5,8,16,18H,6-7,9-11H2,1-3H3,(H,22,26). The molecule has 0 aliphatic carbocycles. The number of rotatable bonds is 6. The molecular weight excluding hydrogens is 485 g/mol. The largest absolute Gasteiger partial charge is 0.353 e. The molecule has 32 heavy (non-hydrogen) atoms. The van der Waals surface area contributed by atoms with Crippen molar-refractivity contribution in [2.75, 3.05) is 19.0 Å². The van der Waals surface area contributed by atoms with Gasteiger partial charge in [0.05, 0.1) is 21.4 Å². The minimum atomic E-state index is -3.87. The molecule has 2 atom stereocenters. The number of carbonyl (C=O) groups excluding carboxylic acids is 2. The second-order valence-corrected chi connectivity index (χ2v) is 11.2. The SMILES string of the molecule is CC(=O)N1CCC(NC(=O)CC2OON(CS(=O)(=O)c3ccc(Cl)c(Cl)c3)O2)C(C)(C)C1. The molecule has 10 nitrogen and oxygen atoms in total. The van der Waals surface area contributed by atoms with Gasteiger partial charge in [0.15, 0.2) is 15.7 Å². The van der Waals surface area contributed by atoms with Gasteiger partial charge in [-0.05, 0) is 29.8 Å². The van der Waals surface area contributed by atoms with Crippen molar-refractivity contribution in [3.8, 4) is 0 Å². The Labute approximate surface area is 196 Å². The van der Waals surface area contributed by atoms with E-state index in [4.69, 9.17) is 37.9 Å². The van der Waals surface area contributed by atoms with Crippen LogP contribution in [-0.2, 0) is 34.1 Å². The molecule has 0 spiro atoms. The number of halogens is 2. The molecule has 0 radical (unpaired) electrons. The molecule has 2 aliphatic rings. The first-order chi connectivity index (χ1) is 14.9. The van der Waals surface area contributed by atoms with Crippen LogP contribution in [0.2, 0.25) is 10.0 Å². The summed E-state index contributed by atoms with van der Waals surface area (Å²) < 4.78 is 25.0. The van der Waals surface area contributed by atoms with Crippen molar-refractivity contribution in [1.82, 2.24) is 15.4 Å². The monoisotopic (exact) mass is 509 g/mol. The fourth-order valence-electron chi connectivity index (χ4n) is 3.57. The Balaban J connectivity index is 1.51. The number of hydrogen-bond acceptors (Lipinski definition) is 8. The second kappa shape index (κ2) is 9.80. The van der Waals surface area contributed by atoms with E-state index in [-0.39, 0.29) is 44.6 Å². The first-order valence-corrected chi connectivity index (χ1v) is 12.3. The molecular formula is C19H25Cl2N3O7S. The lowest BCUT2D eigenvalue weighted by molar-refractivity contribution is -0.406. The summed E-state index contributed by atoms with van der Waals surface area (Å²) in [5, 5.41) is 3.91. The molecule has 2 saturated heterocycles. The summed E-state index contributed by atoms with van der Waals surface area (Å²) in [6.07, 6.45) is -0.693. The summed E-state index contributed by atoms with van der Waals surface area (Å²) in [7, 11) is -3.87.